The first-order valence-electron chi connectivity index (χ1n) is 6.82. The van der Waals surface area contributed by atoms with Crippen LogP contribution in [0.3, 0.4) is 0 Å². The van der Waals surface area contributed by atoms with Crippen molar-refractivity contribution in [2.45, 2.75) is 44.8 Å². The topological polar surface area (TPSA) is 84.6 Å². The zero-order valence-corrected chi connectivity index (χ0v) is 11.0. The van der Waals surface area contributed by atoms with Crippen LogP contribution in [0.4, 0.5) is 0 Å². The molecule has 18 heavy (non-hydrogen) atoms. The van der Waals surface area contributed by atoms with Gasteiger partial charge in [-0.1, -0.05) is 6.42 Å². The van der Waals surface area contributed by atoms with Crippen molar-refractivity contribution in [2.75, 3.05) is 19.8 Å². The predicted octanol–water partition coefficient (Wildman–Crippen LogP) is 0.0175. The van der Waals surface area contributed by atoms with Crippen LogP contribution in [-0.4, -0.2) is 42.9 Å². The van der Waals surface area contributed by atoms with Crippen molar-refractivity contribution in [1.29, 1.82) is 0 Å². The monoisotopic (exact) mass is 256 g/mol. The smallest absolute Gasteiger partial charge is 0.229 e. The van der Waals surface area contributed by atoms with Crippen LogP contribution in [0.1, 0.15) is 32.6 Å². The molecule has 104 valence electrons. The van der Waals surface area contributed by atoms with E-state index in [4.69, 9.17) is 10.5 Å². The summed E-state index contributed by atoms with van der Waals surface area (Å²) in [5.41, 5.74) is 5.32. The zero-order valence-electron chi connectivity index (χ0n) is 11.0. The van der Waals surface area contributed by atoms with Crippen molar-refractivity contribution in [2.24, 2.45) is 17.1 Å². The summed E-state index contributed by atoms with van der Waals surface area (Å²) in [5.74, 6) is 0.368. The Kier molecular flexibility index (Phi) is 4.25. The van der Waals surface area contributed by atoms with Gasteiger partial charge in [0.05, 0.1) is 24.7 Å². The maximum absolute atomic E-state index is 12.2. The second kappa shape index (κ2) is 5.55. The highest BCUT2D eigenvalue weighted by atomic mass is 16.5. The molecule has 1 saturated heterocycles. The lowest BCUT2D eigenvalue weighted by molar-refractivity contribution is -0.131. The van der Waals surface area contributed by atoms with Gasteiger partial charge in [-0.2, -0.15) is 0 Å². The van der Waals surface area contributed by atoms with E-state index in [1.807, 2.05) is 6.92 Å². The number of rotatable bonds is 3. The van der Waals surface area contributed by atoms with Gasteiger partial charge in [0.2, 0.25) is 5.91 Å². The lowest BCUT2D eigenvalue weighted by atomic mass is 9.83. The molecule has 1 aliphatic carbocycles. The first kappa shape index (κ1) is 13.8. The molecule has 0 aromatic heterocycles. The van der Waals surface area contributed by atoms with Crippen LogP contribution < -0.4 is 11.1 Å². The van der Waals surface area contributed by atoms with Gasteiger partial charge >= 0.3 is 0 Å². The van der Waals surface area contributed by atoms with Gasteiger partial charge in [0, 0.05) is 12.6 Å². The van der Waals surface area contributed by atoms with Crippen molar-refractivity contribution >= 4 is 5.91 Å². The van der Waals surface area contributed by atoms with Crippen LogP contribution in [-0.2, 0) is 9.53 Å². The van der Waals surface area contributed by atoms with Gasteiger partial charge in [0.25, 0.3) is 0 Å². The number of carbonyl (C=O) groups is 1. The Hall–Kier alpha value is -0.650. The van der Waals surface area contributed by atoms with E-state index in [1.54, 1.807) is 0 Å². The van der Waals surface area contributed by atoms with Gasteiger partial charge in [-0.05, 0) is 32.1 Å². The molecule has 0 spiro atoms. The quantitative estimate of drug-likeness (QED) is 0.664. The maximum Gasteiger partial charge on any atom is 0.229 e. The molecule has 0 bridgehead atoms. The fourth-order valence-electron chi connectivity index (χ4n) is 2.81. The molecule has 5 nitrogen and oxygen atoms in total. The van der Waals surface area contributed by atoms with Crippen LogP contribution >= 0.6 is 0 Å². The largest absolute Gasteiger partial charge is 0.393 e. The minimum atomic E-state index is -0.604. The normalized spacial score (nSPS) is 40.7. The van der Waals surface area contributed by atoms with Gasteiger partial charge in [0.15, 0.2) is 0 Å². The summed E-state index contributed by atoms with van der Waals surface area (Å²) < 4.78 is 5.28. The summed E-state index contributed by atoms with van der Waals surface area (Å²) in [6.07, 6.45) is 3.60. The van der Waals surface area contributed by atoms with E-state index >= 15 is 0 Å². The van der Waals surface area contributed by atoms with Crippen LogP contribution in [0.5, 0.6) is 0 Å². The van der Waals surface area contributed by atoms with E-state index in [2.05, 4.69) is 5.32 Å². The van der Waals surface area contributed by atoms with E-state index < -0.39 is 5.41 Å². The van der Waals surface area contributed by atoms with Crippen molar-refractivity contribution in [3.05, 3.63) is 0 Å². The summed E-state index contributed by atoms with van der Waals surface area (Å²) in [4.78, 5) is 12.2. The van der Waals surface area contributed by atoms with Gasteiger partial charge < -0.3 is 20.9 Å². The lowest BCUT2D eigenvalue weighted by Gasteiger charge is -2.29. The van der Waals surface area contributed by atoms with Crippen molar-refractivity contribution in [3.63, 3.8) is 0 Å². The summed E-state index contributed by atoms with van der Waals surface area (Å²) in [6.45, 7) is 3.34. The number of aliphatic hydroxyl groups is 1. The van der Waals surface area contributed by atoms with Gasteiger partial charge in [-0.15, -0.1) is 0 Å². The van der Waals surface area contributed by atoms with E-state index in [0.29, 0.717) is 25.7 Å². The second-order valence-corrected chi connectivity index (χ2v) is 5.94. The number of hydrogen-bond donors (Lipinski definition) is 3. The Labute approximate surface area is 108 Å². The first-order valence-corrected chi connectivity index (χ1v) is 6.82. The molecule has 5 heteroatoms. The number of amides is 1. The van der Waals surface area contributed by atoms with Gasteiger partial charge in [-0.3, -0.25) is 4.79 Å². The highest BCUT2D eigenvalue weighted by Gasteiger charge is 2.44. The van der Waals surface area contributed by atoms with Crippen LogP contribution in [0, 0.1) is 11.3 Å². The minimum Gasteiger partial charge on any atom is -0.393 e. The molecular weight excluding hydrogens is 232 g/mol. The summed E-state index contributed by atoms with van der Waals surface area (Å²) in [5, 5.41) is 12.6. The third kappa shape index (κ3) is 2.84. The number of ether oxygens (including phenoxy) is 1. The molecule has 4 atom stereocenters. The number of carbonyl (C=O) groups excluding carboxylic acids is 1. The molecule has 1 amide bonds. The first-order chi connectivity index (χ1) is 8.52. The van der Waals surface area contributed by atoms with E-state index in [-0.39, 0.29) is 18.1 Å². The third-order valence-corrected chi connectivity index (χ3v) is 4.34. The van der Waals surface area contributed by atoms with Gasteiger partial charge in [-0.25, -0.2) is 0 Å². The zero-order chi connectivity index (χ0) is 13.2. The SMILES string of the molecule is CC1(C(=O)NCC2CCCC(O)C2)COCC1N. The molecule has 4 unspecified atom stereocenters. The van der Waals surface area contributed by atoms with Crippen LogP contribution in [0.15, 0.2) is 0 Å². The van der Waals surface area contributed by atoms with Gasteiger partial charge in [0.1, 0.15) is 0 Å². The molecule has 1 aliphatic heterocycles. The van der Waals surface area contributed by atoms with Crippen LogP contribution in [0.25, 0.3) is 0 Å². The number of nitrogens with one attached hydrogen (secondary N) is 1. The number of aliphatic hydroxyl groups excluding tert-OH is 1. The molecule has 0 aromatic carbocycles. The highest BCUT2D eigenvalue weighted by Crippen LogP contribution is 2.28. The summed E-state index contributed by atoms with van der Waals surface area (Å²) >= 11 is 0. The third-order valence-electron chi connectivity index (χ3n) is 4.34. The predicted molar refractivity (Wildman–Crippen MR) is 67.9 cm³/mol. The van der Waals surface area contributed by atoms with Crippen molar-refractivity contribution < 1.29 is 14.6 Å². The summed E-state index contributed by atoms with van der Waals surface area (Å²) in [7, 11) is 0. The maximum atomic E-state index is 12.2. The Morgan fingerprint density at radius 2 is 2.33 bits per heavy atom. The Balaban J connectivity index is 1.81. The second-order valence-electron chi connectivity index (χ2n) is 5.94. The number of nitrogens with two attached hydrogens (primary N) is 1. The Morgan fingerprint density at radius 1 is 1.56 bits per heavy atom. The molecular formula is C13H24N2O3. The van der Waals surface area contributed by atoms with E-state index in [0.717, 1.165) is 25.7 Å². The molecule has 1 saturated carbocycles. The Morgan fingerprint density at radius 3 is 2.94 bits per heavy atom. The number of hydrogen-bond acceptors (Lipinski definition) is 4. The highest BCUT2D eigenvalue weighted by molar-refractivity contribution is 5.83. The molecule has 2 fully saturated rings. The average molecular weight is 256 g/mol. The minimum absolute atomic E-state index is 0.0208. The molecule has 2 aliphatic rings. The molecule has 1 heterocycles. The average Bonchev–Trinajstić information content (AvgIpc) is 2.68. The van der Waals surface area contributed by atoms with Crippen molar-refractivity contribution in [1.82, 2.24) is 5.32 Å². The van der Waals surface area contributed by atoms with Crippen LogP contribution in [0.2, 0.25) is 0 Å². The molecule has 4 N–H and O–H groups in total. The lowest BCUT2D eigenvalue weighted by Crippen LogP contribution is -2.51. The summed E-state index contributed by atoms with van der Waals surface area (Å²) in [6, 6.07) is -0.227. The molecule has 0 radical (unpaired) electrons. The standard InChI is InChI=1S/C13H24N2O3/c1-13(8-18-7-11(13)14)12(17)15-6-9-3-2-4-10(16)5-9/h9-11,16H,2-8,14H2,1H3,(H,15,17). The molecule has 2 rings (SSSR count). The molecule has 0 aromatic rings. The fourth-order valence-corrected chi connectivity index (χ4v) is 2.81. The fraction of sp³-hybridized carbons (Fsp3) is 0.923. The van der Waals surface area contributed by atoms with Crippen molar-refractivity contribution in [3.8, 4) is 0 Å². The Bertz CT molecular complexity index is 311. The van der Waals surface area contributed by atoms with E-state index in [1.165, 1.54) is 0 Å². The van der Waals surface area contributed by atoms with E-state index in [9.17, 15) is 9.90 Å².